The fourth-order valence-electron chi connectivity index (χ4n) is 11.0. The fourth-order valence-corrected chi connectivity index (χ4v) is 11.6. The van der Waals surface area contributed by atoms with Gasteiger partial charge in [-0.15, -0.1) is 0 Å². The minimum atomic E-state index is -4.79. The summed E-state index contributed by atoms with van der Waals surface area (Å²) in [5.41, 5.74) is -0.867. The molecule has 0 unspecified atom stereocenters. The first kappa shape index (κ1) is 32.0. The molecular weight excluding hydrogens is 527 g/mol. The summed E-state index contributed by atoms with van der Waals surface area (Å²) in [6, 6.07) is 0. The van der Waals surface area contributed by atoms with E-state index < -0.39 is 39.4 Å². The number of hydrogen-bond donors (Lipinski definition) is 2. The Hall–Kier alpha value is 0.0400. The molecule has 5 rings (SSSR count). The molecule has 5 aliphatic carbocycles. The van der Waals surface area contributed by atoms with Crippen LogP contribution in [-0.4, -0.2) is 41.4 Å². The van der Waals surface area contributed by atoms with Gasteiger partial charge in [-0.1, -0.05) is 60.1 Å². The molecule has 2 N–H and O–H groups in total. The second-order valence-electron chi connectivity index (χ2n) is 15.6. The smallest absolute Gasteiger partial charge is 0.726 e. The molecule has 4 saturated carbocycles. The molecule has 0 aromatic carbocycles. The molecule has 0 aromatic heterocycles. The number of aliphatic hydroxyl groups is 1. The quantitative estimate of drug-likeness (QED) is 0.230. The summed E-state index contributed by atoms with van der Waals surface area (Å²) < 4.78 is 39.7. The topological polar surface area (TPSA) is 124 Å². The molecule has 216 valence electrons. The minimum absolute atomic E-state index is 0. The van der Waals surface area contributed by atoms with Crippen LogP contribution >= 0.6 is 0 Å². The second kappa shape index (κ2) is 9.52. The van der Waals surface area contributed by atoms with Gasteiger partial charge in [-0.25, -0.2) is 8.42 Å². The molecule has 0 amide bonds. The third-order valence-electron chi connectivity index (χ3n) is 13.3. The van der Waals surface area contributed by atoms with E-state index >= 15 is 0 Å². The number of aliphatic hydroxyl groups excluding tert-OH is 1. The van der Waals surface area contributed by atoms with E-state index in [2.05, 4.69) is 54.5 Å². The molecule has 4 fully saturated rings. The van der Waals surface area contributed by atoms with Crippen molar-refractivity contribution in [3.05, 3.63) is 11.6 Å². The van der Waals surface area contributed by atoms with Gasteiger partial charge in [0.1, 0.15) is 5.41 Å². The first-order valence-corrected chi connectivity index (χ1v) is 15.8. The first-order chi connectivity index (χ1) is 17.2. The molecule has 0 aliphatic heterocycles. The summed E-state index contributed by atoms with van der Waals surface area (Å²) >= 11 is 0. The summed E-state index contributed by atoms with van der Waals surface area (Å²) in [7, 11) is -4.79. The van der Waals surface area contributed by atoms with E-state index in [1.54, 1.807) is 0 Å². The maximum atomic E-state index is 12.8. The predicted octanol–water partition coefficient (Wildman–Crippen LogP) is 2.69. The van der Waals surface area contributed by atoms with E-state index in [-0.39, 0.29) is 63.1 Å². The normalized spacial score (nSPS) is 48.2. The number of rotatable bonds is 3. The van der Waals surface area contributed by atoms with Crippen LogP contribution in [0.5, 0.6) is 0 Å². The zero-order chi connectivity index (χ0) is 28.3. The molecule has 0 bridgehead atoms. The van der Waals surface area contributed by atoms with Gasteiger partial charge in [0.15, 0.2) is 0 Å². The van der Waals surface area contributed by atoms with Crippen LogP contribution in [0.3, 0.4) is 0 Å². The van der Waals surface area contributed by atoms with Crippen LogP contribution in [0.15, 0.2) is 11.6 Å². The summed E-state index contributed by atoms with van der Waals surface area (Å²) in [5, 5.41) is 22.2. The average Bonchev–Trinajstić information content (AvgIpc) is 2.75. The van der Waals surface area contributed by atoms with Crippen molar-refractivity contribution >= 4 is 16.4 Å². The molecular formula is C30H47NaO7S. The number of carbonyl (C=O) groups is 1. The number of carboxylic acid groups (broad SMARTS) is 1. The van der Waals surface area contributed by atoms with E-state index in [0.717, 1.165) is 38.5 Å². The van der Waals surface area contributed by atoms with Crippen molar-refractivity contribution in [3.63, 3.8) is 0 Å². The first-order valence-electron chi connectivity index (χ1n) is 14.5. The van der Waals surface area contributed by atoms with E-state index in [1.165, 1.54) is 5.57 Å². The van der Waals surface area contributed by atoms with Gasteiger partial charge in [0, 0.05) is 0 Å². The predicted molar refractivity (Wildman–Crippen MR) is 143 cm³/mol. The Morgan fingerprint density at radius 1 is 0.974 bits per heavy atom. The van der Waals surface area contributed by atoms with Crippen LogP contribution < -0.4 is 29.6 Å². The van der Waals surface area contributed by atoms with Crippen molar-refractivity contribution in [1.82, 2.24) is 0 Å². The molecule has 39 heavy (non-hydrogen) atoms. The van der Waals surface area contributed by atoms with Crippen LogP contribution in [0.1, 0.15) is 106 Å². The van der Waals surface area contributed by atoms with Gasteiger partial charge >= 0.3 is 35.5 Å². The molecule has 5 aliphatic rings. The Kier molecular flexibility index (Phi) is 7.80. The number of hydrogen-bond acceptors (Lipinski definition) is 6. The van der Waals surface area contributed by atoms with Gasteiger partial charge < -0.3 is 14.8 Å². The van der Waals surface area contributed by atoms with Crippen molar-refractivity contribution in [3.8, 4) is 0 Å². The van der Waals surface area contributed by atoms with Crippen LogP contribution in [0.4, 0.5) is 0 Å². The van der Waals surface area contributed by atoms with Crippen molar-refractivity contribution in [1.29, 1.82) is 0 Å². The van der Waals surface area contributed by atoms with E-state index in [9.17, 15) is 28.0 Å². The largest absolute Gasteiger partial charge is 1.00 e. The minimum Gasteiger partial charge on any atom is -0.726 e. The fraction of sp³-hybridized carbons (Fsp3) is 0.900. The van der Waals surface area contributed by atoms with E-state index in [4.69, 9.17) is 4.18 Å². The number of aliphatic carboxylic acids is 1. The molecule has 9 atom stereocenters. The molecule has 0 radical (unpaired) electrons. The van der Waals surface area contributed by atoms with Crippen molar-refractivity contribution < 1.29 is 61.7 Å². The third kappa shape index (κ3) is 4.39. The number of allylic oxidation sites excluding steroid dienone is 2. The number of fused-ring (bicyclic) bond motifs is 7. The SMILES string of the molecule is CC1(C)CC[C@]2(C(=O)O)[C@H](O)C[C@]3(C)C(=CC[C@@H]4[C@@]5(C)CC[C@H](OS(=O)(=O)[O-])C(C)(C)[C@@H]5CC[C@]43C)[C@H]2C1.[Na+]. The second-order valence-corrected chi connectivity index (χ2v) is 16.6. The van der Waals surface area contributed by atoms with Crippen molar-refractivity contribution in [2.45, 2.75) is 118 Å². The van der Waals surface area contributed by atoms with Gasteiger partial charge in [-0.2, -0.15) is 0 Å². The van der Waals surface area contributed by atoms with Gasteiger partial charge in [-0.05, 0) is 103 Å². The molecule has 7 nitrogen and oxygen atoms in total. The summed E-state index contributed by atoms with van der Waals surface area (Å²) in [6.07, 6.45) is 7.31. The average molecular weight is 575 g/mol. The van der Waals surface area contributed by atoms with Crippen LogP contribution in [-0.2, 0) is 19.4 Å². The molecule has 0 spiro atoms. The van der Waals surface area contributed by atoms with Gasteiger partial charge in [0.2, 0.25) is 10.4 Å². The Bertz CT molecular complexity index is 1160. The summed E-state index contributed by atoms with van der Waals surface area (Å²) in [6.45, 7) is 15.6. The zero-order valence-electron chi connectivity index (χ0n) is 25.2. The van der Waals surface area contributed by atoms with Gasteiger partial charge in [0.25, 0.3) is 0 Å². The van der Waals surface area contributed by atoms with Gasteiger partial charge in [0.05, 0.1) is 12.2 Å². The Morgan fingerprint density at radius 3 is 2.21 bits per heavy atom. The van der Waals surface area contributed by atoms with Gasteiger partial charge in [-0.3, -0.25) is 8.98 Å². The Labute approximate surface area is 257 Å². The zero-order valence-corrected chi connectivity index (χ0v) is 28.0. The van der Waals surface area contributed by atoms with Crippen LogP contribution in [0, 0.1) is 50.2 Å². The van der Waals surface area contributed by atoms with Crippen molar-refractivity contribution in [2.24, 2.45) is 50.2 Å². The number of carboxylic acids is 1. The molecule has 0 heterocycles. The Balaban J connectivity index is 0.00000353. The maximum absolute atomic E-state index is 12.8. The maximum Gasteiger partial charge on any atom is 1.00 e. The van der Waals surface area contributed by atoms with E-state index in [0.29, 0.717) is 25.2 Å². The molecule has 0 aromatic rings. The van der Waals surface area contributed by atoms with Crippen LogP contribution in [0.2, 0.25) is 0 Å². The molecule has 9 heteroatoms. The van der Waals surface area contributed by atoms with E-state index in [1.807, 2.05) is 0 Å². The third-order valence-corrected chi connectivity index (χ3v) is 13.7. The van der Waals surface area contributed by atoms with Crippen molar-refractivity contribution in [2.75, 3.05) is 0 Å². The van der Waals surface area contributed by atoms with Crippen LogP contribution in [0.25, 0.3) is 0 Å². The summed E-state index contributed by atoms with van der Waals surface area (Å²) in [4.78, 5) is 12.8. The Morgan fingerprint density at radius 2 is 1.62 bits per heavy atom. The monoisotopic (exact) mass is 574 g/mol. The summed E-state index contributed by atoms with van der Waals surface area (Å²) in [5.74, 6) is -0.548. The standard InChI is InChI=1S/C30H48O7S.Na/c1-25(2)14-15-30(24(32)33)19(16-25)18-8-9-21-27(5)12-11-23(37-38(34,35)36)26(3,4)20(27)10-13-28(21,6)29(18,7)17-22(30)31;/h8,19-23,31H,9-17H2,1-7H3,(H,32,33)(H,34,35,36);/q;+1/p-1/t19-,20+,21-,22-,23+,27+,28-,29-,30-;/m1./s1. The molecule has 0 saturated heterocycles.